The highest BCUT2D eigenvalue weighted by Crippen LogP contribution is 2.45. The summed E-state index contributed by atoms with van der Waals surface area (Å²) in [5.74, 6) is -4.05. The predicted octanol–water partition coefficient (Wildman–Crippen LogP) is 4.73. The zero-order valence-corrected chi connectivity index (χ0v) is 23.9. The van der Waals surface area contributed by atoms with Gasteiger partial charge in [0.15, 0.2) is 17.6 Å². The molecule has 0 radical (unpaired) electrons. The third-order valence-corrected chi connectivity index (χ3v) is 8.90. The molecule has 14 heteroatoms. The number of para-hydroxylation sites is 1. The summed E-state index contributed by atoms with van der Waals surface area (Å²) in [5, 5.41) is -0.952. The third-order valence-electron chi connectivity index (χ3n) is 6.67. The first kappa shape index (κ1) is 30.2. The number of carbonyl (C=O) groups excluding carboxylic acids is 3. The molecule has 1 saturated heterocycles. The molecule has 0 aliphatic carbocycles. The van der Waals surface area contributed by atoms with Gasteiger partial charge in [-0.05, 0) is 23.3 Å². The van der Waals surface area contributed by atoms with E-state index >= 15 is 0 Å². The van der Waals surface area contributed by atoms with Gasteiger partial charge in [0.2, 0.25) is 5.91 Å². The van der Waals surface area contributed by atoms with Crippen LogP contribution < -0.4 is 4.90 Å². The Bertz CT molecular complexity index is 1630. The molecule has 0 spiro atoms. The normalized spacial score (nSPS) is 18.5. The number of ether oxygens (including phenoxy) is 1. The molecule has 43 heavy (non-hydrogen) atoms. The standard InChI is InChI=1S/C29H23F3N2O7S2/c1-18(35)33(21-15-9-4-10-16-21)24-26(36)34-23(22(17-42-27(24)34)41-43(38,39)29(30,31)32)28(37)40-25(19-11-5-2-6-12-19)20-13-7-3-8-14-20/h2-16,24-25,27H,17H2,1H3/t24-,27-/m1/s1. The summed E-state index contributed by atoms with van der Waals surface area (Å²) in [7, 11) is -6.20. The van der Waals surface area contributed by atoms with E-state index in [4.69, 9.17) is 4.74 Å². The molecule has 9 nitrogen and oxygen atoms in total. The number of amides is 2. The molecule has 0 N–H and O–H groups in total. The number of rotatable bonds is 8. The van der Waals surface area contributed by atoms with Gasteiger partial charge in [-0.15, -0.1) is 11.8 Å². The summed E-state index contributed by atoms with van der Waals surface area (Å²) in [6.07, 6.45) is -1.07. The van der Waals surface area contributed by atoms with Crippen LogP contribution in [-0.4, -0.2) is 53.8 Å². The Kier molecular flexibility index (Phi) is 8.25. The van der Waals surface area contributed by atoms with E-state index in [2.05, 4.69) is 4.18 Å². The summed E-state index contributed by atoms with van der Waals surface area (Å²) in [6, 6.07) is 24.0. The van der Waals surface area contributed by atoms with Crippen LogP contribution in [0.2, 0.25) is 0 Å². The number of carbonyl (C=O) groups is 3. The number of hydrogen-bond acceptors (Lipinski definition) is 8. The van der Waals surface area contributed by atoms with Crippen molar-refractivity contribution in [1.29, 1.82) is 0 Å². The van der Waals surface area contributed by atoms with E-state index in [9.17, 15) is 36.0 Å². The van der Waals surface area contributed by atoms with Gasteiger partial charge in [0, 0.05) is 12.6 Å². The second-order valence-electron chi connectivity index (χ2n) is 9.44. The van der Waals surface area contributed by atoms with Crippen LogP contribution in [-0.2, 0) is 33.4 Å². The number of anilines is 1. The highest BCUT2D eigenvalue weighted by Gasteiger charge is 2.59. The smallest absolute Gasteiger partial charge is 0.448 e. The fraction of sp³-hybridized carbons (Fsp3) is 0.207. The van der Waals surface area contributed by atoms with Crippen molar-refractivity contribution in [3.8, 4) is 0 Å². The largest absolute Gasteiger partial charge is 0.534 e. The number of fused-ring (bicyclic) bond motifs is 1. The highest BCUT2D eigenvalue weighted by molar-refractivity contribution is 8.00. The molecule has 2 aliphatic rings. The lowest BCUT2D eigenvalue weighted by Gasteiger charge is -2.52. The first-order valence-electron chi connectivity index (χ1n) is 12.7. The van der Waals surface area contributed by atoms with E-state index in [0.29, 0.717) is 16.8 Å². The molecular formula is C29H23F3N2O7S2. The Hall–Kier alpha value is -4.30. The second kappa shape index (κ2) is 11.8. The summed E-state index contributed by atoms with van der Waals surface area (Å²) < 4.78 is 74.1. The maximum absolute atomic E-state index is 13.8. The first-order chi connectivity index (χ1) is 20.4. The van der Waals surface area contributed by atoms with E-state index in [1.807, 2.05) is 0 Å². The number of esters is 1. The summed E-state index contributed by atoms with van der Waals surface area (Å²) in [4.78, 5) is 42.1. The molecule has 3 aromatic rings. The van der Waals surface area contributed by atoms with E-state index in [1.165, 1.54) is 11.8 Å². The molecule has 3 aromatic carbocycles. The van der Waals surface area contributed by atoms with E-state index in [-0.39, 0.29) is 0 Å². The molecule has 0 unspecified atom stereocenters. The zero-order chi connectivity index (χ0) is 30.9. The van der Waals surface area contributed by atoms with Crippen LogP contribution >= 0.6 is 11.8 Å². The Balaban J connectivity index is 1.56. The number of halogens is 3. The molecule has 2 heterocycles. The molecule has 0 saturated carbocycles. The average Bonchev–Trinajstić information content (AvgIpc) is 2.98. The molecular weight excluding hydrogens is 609 g/mol. The number of thioether (sulfide) groups is 1. The quantitative estimate of drug-likeness (QED) is 0.152. The van der Waals surface area contributed by atoms with Crippen LogP contribution in [0.15, 0.2) is 102 Å². The predicted molar refractivity (Wildman–Crippen MR) is 150 cm³/mol. The van der Waals surface area contributed by atoms with Crippen molar-refractivity contribution in [1.82, 2.24) is 4.90 Å². The molecule has 5 rings (SSSR count). The number of hydrogen-bond donors (Lipinski definition) is 0. The fourth-order valence-corrected chi connectivity index (χ4v) is 6.65. The Morgan fingerprint density at radius 1 is 0.930 bits per heavy atom. The number of β-lactam (4-membered cyclic amide) rings is 1. The maximum Gasteiger partial charge on any atom is 0.534 e. The SMILES string of the molecule is CC(=O)N(c1ccccc1)[C@@H]1C(=O)N2C(C(=O)OC(c3ccccc3)c3ccccc3)=C(OS(=O)(=O)C(F)(F)F)CS[C@H]12. The lowest BCUT2D eigenvalue weighted by Crippen LogP contribution is -2.71. The fourth-order valence-electron chi connectivity index (χ4n) is 4.78. The van der Waals surface area contributed by atoms with Gasteiger partial charge in [-0.2, -0.15) is 21.6 Å². The van der Waals surface area contributed by atoms with Gasteiger partial charge in [0.1, 0.15) is 11.4 Å². The van der Waals surface area contributed by atoms with Gasteiger partial charge >= 0.3 is 21.6 Å². The lowest BCUT2D eigenvalue weighted by atomic mass is 10.0. The van der Waals surface area contributed by atoms with Gasteiger partial charge in [0.05, 0.1) is 5.75 Å². The second-order valence-corrected chi connectivity index (χ2v) is 12.1. The highest BCUT2D eigenvalue weighted by atomic mass is 32.2. The Labute approximate surface area is 249 Å². The minimum absolute atomic E-state index is 0.386. The monoisotopic (exact) mass is 632 g/mol. The van der Waals surface area contributed by atoms with Crippen molar-refractivity contribution in [2.24, 2.45) is 0 Å². The van der Waals surface area contributed by atoms with Crippen LogP contribution in [0.25, 0.3) is 0 Å². The molecule has 2 amide bonds. The Morgan fingerprint density at radius 3 is 1.93 bits per heavy atom. The van der Waals surface area contributed by atoms with Crippen LogP contribution in [0, 0.1) is 0 Å². The molecule has 0 bridgehead atoms. The van der Waals surface area contributed by atoms with Crippen LogP contribution in [0.5, 0.6) is 0 Å². The van der Waals surface area contributed by atoms with Crippen molar-refractivity contribution in [3.05, 3.63) is 114 Å². The van der Waals surface area contributed by atoms with Crippen molar-refractivity contribution in [3.63, 3.8) is 0 Å². The summed E-state index contributed by atoms with van der Waals surface area (Å²) in [6.45, 7) is 1.25. The topological polar surface area (TPSA) is 110 Å². The van der Waals surface area contributed by atoms with Crippen LogP contribution in [0.1, 0.15) is 24.2 Å². The van der Waals surface area contributed by atoms with E-state index in [1.54, 1.807) is 91.0 Å². The van der Waals surface area contributed by atoms with E-state index < -0.39 is 68.1 Å². The van der Waals surface area contributed by atoms with Gasteiger partial charge in [0.25, 0.3) is 5.91 Å². The first-order valence-corrected chi connectivity index (χ1v) is 15.2. The number of alkyl halides is 3. The van der Waals surface area contributed by atoms with Gasteiger partial charge in [-0.25, -0.2) is 4.79 Å². The minimum atomic E-state index is -6.20. The summed E-state index contributed by atoms with van der Waals surface area (Å²) in [5.41, 5.74) is -5.18. The van der Waals surface area contributed by atoms with E-state index in [0.717, 1.165) is 16.7 Å². The van der Waals surface area contributed by atoms with Crippen molar-refractivity contribution in [2.45, 2.75) is 30.0 Å². The molecule has 2 aliphatic heterocycles. The number of nitrogens with zero attached hydrogens (tertiary/aromatic N) is 2. The minimum Gasteiger partial charge on any atom is -0.448 e. The van der Waals surface area contributed by atoms with Gasteiger partial charge in [-0.1, -0.05) is 78.9 Å². The summed E-state index contributed by atoms with van der Waals surface area (Å²) >= 11 is 0.846. The van der Waals surface area contributed by atoms with Gasteiger partial charge < -0.3 is 8.92 Å². The van der Waals surface area contributed by atoms with Crippen molar-refractivity contribution in [2.75, 3.05) is 10.7 Å². The third kappa shape index (κ3) is 5.84. The molecule has 1 fully saturated rings. The Morgan fingerprint density at radius 2 is 1.44 bits per heavy atom. The number of benzene rings is 3. The molecule has 224 valence electrons. The van der Waals surface area contributed by atoms with Crippen molar-refractivity contribution < 1.29 is 44.9 Å². The van der Waals surface area contributed by atoms with Crippen LogP contribution in [0.3, 0.4) is 0 Å². The van der Waals surface area contributed by atoms with Crippen LogP contribution in [0.4, 0.5) is 18.9 Å². The zero-order valence-electron chi connectivity index (χ0n) is 22.3. The lowest BCUT2D eigenvalue weighted by molar-refractivity contribution is -0.154. The molecule has 2 atom stereocenters. The van der Waals surface area contributed by atoms with Crippen molar-refractivity contribution >= 4 is 45.4 Å². The maximum atomic E-state index is 13.8. The van der Waals surface area contributed by atoms with Gasteiger partial charge in [-0.3, -0.25) is 19.4 Å². The average molecular weight is 633 g/mol. The molecule has 0 aromatic heterocycles.